The summed E-state index contributed by atoms with van der Waals surface area (Å²) in [5.41, 5.74) is 0.516. The van der Waals surface area contributed by atoms with Gasteiger partial charge < -0.3 is 5.32 Å². The van der Waals surface area contributed by atoms with E-state index >= 15 is 0 Å². The second-order valence-corrected chi connectivity index (χ2v) is 5.28. The number of rotatable bonds is 4. The smallest absolute Gasteiger partial charge is 0.269 e. The predicted molar refractivity (Wildman–Crippen MR) is 70.8 cm³/mol. The summed E-state index contributed by atoms with van der Waals surface area (Å²) in [7, 11) is 0. The van der Waals surface area contributed by atoms with Crippen molar-refractivity contribution in [2.75, 3.05) is 5.75 Å². The van der Waals surface area contributed by atoms with Crippen LogP contribution in [0.5, 0.6) is 0 Å². The normalized spacial score (nSPS) is 18.3. The molecule has 7 heteroatoms. The van der Waals surface area contributed by atoms with Gasteiger partial charge in [0.25, 0.3) is 5.69 Å². The molecule has 0 radical (unpaired) electrons. The molecule has 1 aromatic rings. The first-order chi connectivity index (χ1) is 9.06. The van der Waals surface area contributed by atoms with Gasteiger partial charge in [0.2, 0.25) is 11.0 Å². The van der Waals surface area contributed by atoms with E-state index in [-0.39, 0.29) is 23.1 Å². The zero-order valence-electron chi connectivity index (χ0n) is 10.00. The lowest BCUT2D eigenvalue weighted by Gasteiger charge is -2.09. The number of hydrogen-bond donors (Lipinski definition) is 1. The summed E-state index contributed by atoms with van der Waals surface area (Å²) in [5.74, 6) is 0.432. The quantitative estimate of drug-likeness (QED) is 0.663. The van der Waals surface area contributed by atoms with Crippen molar-refractivity contribution in [2.45, 2.75) is 18.9 Å². The Morgan fingerprint density at radius 1 is 1.53 bits per heavy atom. The zero-order valence-corrected chi connectivity index (χ0v) is 10.8. The summed E-state index contributed by atoms with van der Waals surface area (Å²) < 4.78 is 0. The van der Waals surface area contributed by atoms with Crippen LogP contribution in [0.1, 0.15) is 12.0 Å². The molecule has 0 bridgehead atoms. The average molecular weight is 280 g/mol. The van der Waals surface area contributed by atoms with E-state index in [1.54, 1.807) is 6.07 Å². The van der Waals surface area contributed by atoms with Crippen molar-refractivity contribution in [2.24, 2.45) is 0 Å². The van der Waals surface area contributed by atoms with Crippen LogP contribution >= 0.6 is 11.8 Å². The third-order valence-corrected chi connectivity index (χ3v) is 3.77. The van der Waals surface area contributed by atoms with Crippen LogP contribution in [0.3, 0.4) is 0 Å². The highest BCUT2D eigenvalue weighted by molar-refractivity contribution is 8.14. The molecule has 1 amide bonds. The Hall–Kier alpha value is -1.89. The number of nitro benzene ring substituents is 1. The third kappa shape index (κ3) is 3.54. The van der Waals surface area contributed by atoms with Crippen LogP contribution in [-0.2, 0) is 16.0 Å². The Morgan fingerprint density at radius 3 is 2.95 bits per heavy atom. The summed E-state index contributed by atoms with van der Waals surface area (Å²) in [6.07, 6.45) is 0.681. The minimum absolute atomic E-state index is 0.0209. The average Bonchev–Trinajstić information content (AvgIpc) is 2.75. The zero-order chi connectivity index (χ0) is 13.8. The topological polar surface area (TPSA) is 89.3 Å². The van der Waals surface area contributed by atoms with Gasteiger partial charge in [-0.3, -0.25) is 19.7 Å². The van der Waals surface area contributed by atoms with Crippen LogP contribution in [0.2, 0.25) is 0 Å². The Kier molecular flexibility index (Phi) is 4.16. The number of carbonyl (C=O) groups is 2. The second-order valence-electron chi connectivity index (χ2n) is 4.18. The van der Waals surface area contributed by atoms with E-state index in [1.165, 1.54) is 30.0 Å². The Bertz CT molecular complexity index is 532. The third-order valence-electron chi connectivity index (χ3n) is 2.76. The van der Waals surface area contributed by atoms with Gasteiger partial charge in [-0.25, -0.2) is 0 Å². The first-order valence-corrected chi connectivity index (χ1v) is 6.74. The largest absolute Gasteiger partial charge is 0.345 e. The lowest BCUT2D eigenvalue weighted by Crippen LogP contribution is -2.38. The van der Waals surface area contributed by atoms with E-state index in [9.17, 15) is 19.7 Å². The number of carbonyl (C=O) groups excluding carboxylic acids is 2. The summed E-state index contributed by atoms with van der Waals surface area (Å²) in [6, 6.07) is 5.51. The monoisotopic (exact) mass is 280 g/mol. The number of thioether (sulfide) groups is 1. The Labute approximate surface area is 113 Å². The van der Waals surface area contributed by atoms with Gasteiger partial charge >= 0.3 is 0 Å². The van der Waals surface area contributed by atoms with Crippen molar-refractivity contribution in [1.29, 1.82) is 0 Å². The van der Waals surface area contributed by atoms with Gasteiger partial charge in [-0.05, 0) is 12.0 Å². The van der Waals surface area contributed by atoms with Crippen molar-refractivity contribution in [1.82, 2.24) is 5.32 Å². The summed E-state index contributed by atoms with van der Waals surface area (Å²) in [5, 5.41) is 13.2. The van der Waals surface area contributed by atoms with Crippen LogP contribution in [0, 0.1) is 10.1 Å². The van der Waals surface area contributed by atoms with E-state index < -0.39 is 11.0 Å². The van der Waals surface area contributed by atoms with E-state index in [0.29, 0.717) is 12.0 Å². The highest BCUT2D eigenvalue weighted by atomic mass is 32.2. The molecular weight excluding hydrogens is 268 g/mol. The van der Waals surface area contributed by atoms with Crippen molar-refractivity contribution in [3.8, 4) is 0 Å². The molecule has 1 heterocycles. The minimum atomic E-state index is -0.501. The number of amides is 1. The maximum atomic E-state index is 11.8. The number of hydrogen-bond acceptors (Lipinski definition) is 5. The molecule has 19 heavy (non-hydrogen) atoms. The van der Waals surface area contributed by atoms with Crippen LogP contribution in [0.15, 0.2) is 24.3 Å². The first-order valence-electron chi connectivity index (χ1n) is 5.75. The molecular formula is C12H12N2O4S. The van der Waals surface area contributed by atoms with Crippen LogP contribution in [0.4, 0.5) is 5.69 Å². The molecule has 1 atom stereocenters. The van der Waals surface area contributed by atoms with E-state index in [1.807, 2.05) is 0 Å². The maximum Gasteiger partial charge on any atom is 0.269 e. The number of nitro groups is 1. The van der Waals surface area contributed by atoms with Gasteiger partial charge in [0.15, 0.2) is 0 Å². The minimum Gasteiger partial charge on any atom is -0.345 e. The van der Waals surface area contributed by atoms with Gasteiger partial charge in [0.05, 0.1) is 17.4 Å². The number of nitrogens with one attached hydrogen (secondary N) is 1. The van der Waals surface area contributed by atoms with Gasteiger partial charge in [-0.2, -0.15) is 0 Å². The first kappa shape index (κ1) is 13.5. The van der Waals surface area contributed by atoms with Crippen molar-refractivity contribution in [3.63, 3.8) is 0 Å². The van der Waals surface area contributed by atoms with E-state index in [2.05, 4.69) is 5.32 Å². The standard InChI is InChI=1S/C12H12N2O4S/c15-11(13-10-4-5-19-12(10)16)7-8-2-1-3-9(6-8)14(17)18/h1-3,6,10H,4-5,7H2,(H,13,15)/t10-/m0/s1. The molecule has 1 aliphatic heterocycles. The molecule has 0 aliphatic carbocycles. The number of benzene rings is 1. The molecule has 1 fully saturated rings. The molecule has 1 saturated heterocycles. The molecule has 2 rings (SSSR count). The number of nitrogens with zero attached hydrogens (tertiary/aromatic N) is 1. The molecule has 100 valence electrons. The molecule has 6 nitrogen and oxygen atoms in total. The molecule has 0 saturated carbocycles. The molecule has 0 aromatic heterocycles. The lowest BCUT2D eigenvalue weighted by atomic mass is 10.1. The molecule has 1 N–H and O–H groups in total. The van der Waals surface area contributed by atoms with Crippen molar-refractivity contribution >= 4 is 28.5 Å². The maximum absolute atomic E-state index is 11.8. The van der Waals surface area contributed by atoms with Gasteiger partial charge in [0.1, 0.15) is 0 Å². The molecule has 0 unspecified atom stereocenters. The van der Waals surface area contributed by atoms with Crippen molar-refractivity contribution < 1.29 is 14.5 Å². The molecule has 1 aromatic carbocycles. The summed E-state index contributed by atoms with van der Waals surface area (Å²) in [4.78, 5) is 33.2. The van der Waals surface area contributed by atoms with E-state index in [0.717, 1.165) is 5.75 Å². The van der Waals surface area contributed by atoms with Gasteiger partial charge in [0, 0.05) is 17.9 Å². The van der Waals surface area contributed by atoms with Crippen LogP contribution in [0.25, 0.3) is 0 Å². The second kappa shape index (κ2) is 5.83. The summed E-state index contributed by atoms with van der Waals surface area (Å²) >= 11 is 1.22. The Morgan fingerprint density at radius 2 is 2.32 bits per heavy atom. The van der Waals surface area contributed by atoms with Gasteiger partial charge in [-0.1, -0.05) is 23.9 Å². The fourth-order valence-electron chi connectivity index (χ4n) is 1.84. The highest BCUT2D eigenvalue weighted by Crippen LogP contribution is 2.19. The van der Waals surface area contributed by atoms with Crippen LogP contribution < -0.4 is 5.32 Å². The molecule has 0 spiro atoms. The SMILES string of the molecule is O=C(Cc1cccc([N+](=O)[O-])c1)N[C@H]1CCSC1=O. The van der Waals surface area contributed by atoms with Gasteiger partial charge in [-0.15, -0.1) is 0 Å². The van der Waals surface area contributed by atoms with Crippen LogP contribution in [-0.4, -0.2) is 27.7 Å². The number of non-ortho nitro benzene ring substituents is 1. The highest BCUT2D eigenvalue weighted by Gasteiger charge is 2.26. The Balaban J connectivity index is 1.97. The van der Waals surface area contributed by atoms with Crippen molar-refractivity contribution in [3.05, 3.63) is 39.9 Å². The lowest BCUT2D eigenvalue weighted by molar-refractivity contribution is -0.384. The fourth-order valence-corrected chi connectivity index (χ4v) is 2.77. The predicted octanol–water partition coefficient (Wildman–Crippen LogP) is 1.29. The fraction of sp³-hybridized carbons (Fsp3) is 0.333. The molecule has 1 aliphatic rings. The van der Waals surface area contributed by atoms with E-state index in [4.69, 9.17) is 0 Å². The summed E-state index contributed by atoms with van der Waals surface area (Å²) in [6.45, 7) is 0.